The van der Waals surface area contributed by atoms with E-state index in [2.05, 4.69) is 6.92 Å². The first-order valence-corrected chi connectivity index (χ1v) is 15.4. The van der Waals surface area contributed by atoms with E-state index in [-0.39, 0.29) is 0 Å². The third-order valence-electron chi connectivity index (χ3n) is 4.30. The van der Waals surface area contributed by atoms with Crippen molar-refractivity contribution in [3.63, 3.8) is 0 Å². The summed E-state index contributed by atoms with van der Waals surface area (Å²) in [6, 6.07) is 0. The van der Waals surface area contributed by atoms with Gasteiger partial charge in [0, 0.05) is 0 Å². The molecule has 0 atom stereocenters. The van der Waals surface area contributed by atoms with E-state index in [4.69, 9.17) is 0 Å². The number of hydrogen-bond acceptors (Lipinski definition) is 1. The molecule has 0 aromatic rings. The summed E-state index contributed by atoms with van der Waals surface area (Å²) >= 11 is -2.32. The predicted molar refractivity (Wildman–Crippen MR) is 97.9 cm³/mol. The first-order valence-electron chi connectivity index (χ1n) is 9.60. The Morgan fingerprint density at radius 3 is 1.10 bits per heavy atom. The van der Waals surface area contributed by atoms with Crippen molar-refractivity contribution in [2.45, 2.75) is 120 Å². The molecular formula is C19H41AsO. The molecule has 0 aliphatic rings. The molecule has 0 unspecified atom stereocenters. The minimum atomic E-state index is -2.32. The molecule has 21 heavy (non-hydrogen) atoms. The molecule has 0 spiro atoms. The summed E-state index contributed by atoms with van der Waals surface area (Å²) in [6.07, 6.45) is 21.0. The van der Waals surface area contributed by atoms with Crippen LogP contribution in [0.25, 0.3) is 0 Å². The second kappa shape index (κ2) is 15.3. The van der Waals surface area contributed by atoms with E-state index in [0.29, 0.717) is 0 Å². The summed E-state index contributed by atoms with van der Waals surface area (Å²) in [4.78, 5) is 0. The van der Waals surface area contributed by atoms with Gasteiger partial charge in [0.15, 0.2) is 0 Å². The Balaban J connectivity index is 3.01. The van der Waals surface area contributed by atoms with Gasteiger partial charge < -0.3 is 0 Å². The van der Waals surface area contributed by atoms with Crippen molar-refractivity contribution < 1.29 is 3.74 Å². The van der Waals surface area contributed by atoms with Crippen molar-refractivity contribution in [3.8, 4) is 0 Å². The Kier molecular flexibility index (Phi) is 15.5. The Morgan fingerprint density at radius 2 is 0.810 bits per heavy atom. The van der Waals surface area contributed by atoms with E-state index in [1.165, 1.54) is 96.3 Å². The number of rotatable bonds is 16. The third-order valence-corrected chi connectivity index (χ3v) is 7.22. The fourth-order valence-corrected chi connectivity index (χ4v) is 4.93. The summed E-state index contributed by atoms with van der Waals surface area (Å²) in [5.41, 5.74) is 3.95. The van der Waals surface area contributed by atoms with Gasteiger partial charge in [-0.2, -0.15) is 0 Å². The van der Waals surface area contributed by atoms with Crippen molar-refractivity contribution in [1.82, 2.24) is 0 Å². The Hall–Kier alpha value is 0.358. The zero-order valence-corrected chi connectivity index (χ0v) is 17.0. The van der Waals surface area contributed by atoms with Crippen LogP contribution in [-0.2, 0) is 3.74 Å². The van der Waals surface area contributed by atoms with Crippen LogP contribution in [0.15, 0.2) is 0 Å². The van der Waals surface area contributed by atoms with Crippen LogP contribution in [0.3, 0.4) is 0 Å². The van der Waals surface area contributed by atoms with E-state index in [1.54, 1.807) is 0 Å². The average Bonchev–Trinajstić information content (AvgIpc) is 2.42. The van der Waals surface area contributed by atoms with E-state index < -0.39 is 13.5 Å². The maximum absolute atomic E-state index is 11.6. The Labute approximate surface area is 137 Å². The van der Waals surface area contributed by atoms with Crippen LogP contribution in [0, 0.1) is 0 Å². The van der Waals surface area contributed by atoms with Gasteiger partial charge in [0.2, 0.25) is 0 Å². The first-order chi connectivity index (χ1) is 10.1. The number of hydrogen-bond donors (Lipinski definition) is 0. The second-order valence-electron chi connectivity index (χ2n) is 7.25. The molecular weight excluding hydrogens is 319 g/mol. The van der Waals surface area contributed by atoms with Crippen molar-refractivity contribution in [2.24, 2.45) is 0 Å². The fraction of sp³-hybridized carbons (Fsp3) is 1.00. The van der Waals surface area contributed by atoms with Crippen LogP contribution in [0.2, 0.25) is 16.6 Å². The summed E-state index contributed by atoms with van der Waals surface area (Å²) in [5.74, 6) is 0. The van der Waals surface area contributed by atoms with Crippen molar-refractivity contribution in [2.75, 3.05) is 0 Å². The van der Waals surface area contributed by atoms with Crippen LogP contribution < -0.4 is 0 Å². The first kappa shape index (κ1) is 21.4. The molecule has 1 nitrogen and oxygen atoms in total. The minimum absolute atomic E-state index is 1.01. The Morgan fingerprint density at radius 1 is 0.524 bits per heavy atom. The average molecular weight is 360 g/mol. The molecule has 128 valence electrons. The topological polar surface area (TPSA) is 17.1 Å². The summed E-state index contributed by atoms with van der Waals surface area (Å²) < 4.78 is 11.6. The molecule has 0 N–H and O–H groups in total. The molecule has 0 saturated heterocycles. The predicted octanol–water partition coefficient (Wildman–Crippen LogP) is 7.49. The molecule has 0 amide bonds. The molecule has 0 saturated carbocycles. The zero-order valence-electron chi connectivity index (χ0n) is 15.2. The van der Waals surface area contributed by atoms with Gasteiger partial charge in [-0.15, -0.1) is 0 Å². The van der Waals surface area contributed by atoms with Gasteiger partial charge in [0.25, 0.3) is 0 Å². The molecule has 0 heterocycles. The normalized spacial score (nSPS) is 12.0. The van der Waals surface area contributed by atoms with E-state index in [0.717, 1.165) is 5.21 Å². The maximum atomic E-state index is 11.6. The van der Waals surface area contributed by atoms with Crippen molar-refractivity contribution in [1.29, 1.82) is 0 Å². The standard InChI is InChI=1S/C19H41AsO/c1-4-5-6-7-8-9-10-11-12-13-14-15-16-17-18-19-20(2,3)21/h4-19H2,1-3H3. The van der Waals surface area contributed by atoms with Crippen LogP contribution in [0.1, 0.15) is 103 Å². The van der Waals surface area contributed by atoms with Gasteiger partial charge in [0.05, 0.1) is 0 Å². The van der Waals surface area contributed by atoms with Crippen LogP contribution in [0.5, 0.6) is 0 Å². The number of unbranched alkanes of at least 4 members (excludes halogenated alkanes) is 14. The molecule has 2 heteroatoms. The van der Waals surface area contributed by atoms with Gasteiger partial charge in [-0.25, -0.2) is 0 Å². The van der Waals surface area contributed by atoms with E-state index in [9.17, 15) is 3.74 Å². The zero-order chi connectivity index (χ0) is 15.8. The molecule has 0 aliphatic heterocycles. The van der Waals surface area contributed by atoms with E-state index in [1.807, 2.05) is 11.4 Å². The van der Waals surface area contributed by atoms with Gasteiger partial charge in [-0.1, -0.05) is 32.6 Å². The van der Waals surface area contributed by atoms with Crippen LogP contribution in [-0.4, -0.2) is 13.5 Å². The molecule has 0 rings (SSSR count). The van der Waals surface area contributed by atoms with Crippen molar-refractivity contribution >= 4 is 13.5 Å². The molecule has 0 aliphatic carbocycles. The molecule has 0 aromatic carbocycles. The van der Waals surface area contributed by atoms with Crippen LogP contribution in [0.4, 0.5) is 0 Å². The van der Waals surface area contributed by atoms with Gasteiger partial charge in [-0.05, 0) is 0 Å². The van der Waals surface area contributed by atoms with Gasteiger partial charge in [-0.3, -0.25) is 0 Å². The summed E-state index contributed by atoms with van der Waals surface area (Å²) in [6.45, 7) is 2.28. The fourth-order valence-electron chi connectivity index (χ4n) is 2.86. The summed E-state index contributed by atoms with van der Waals surface area (Å²) in [5, 5.41) is 1.01. The van der Waals surface area contributed by atoms with Crippen molar-refractivity contribution in [3.05, 3.63) is 0 Å². The monoisotopic (exact) mass is 360 g/mol. The summed E-state index contributed by atoms with van der Waals surface area (Å²) in [7, 11) is 0. The van der Waals surface area contributed by atoms with Crippen LogP contribution >= 0.6 is 0 Å². The third kappa shape index (κ3) is 20.4. The Bertz CT molecular complexity index is 244. The molecule has 0 radical (unpaired) electrons. The quantitative estimate of drug-likeness (QED) is 0.206. The van der Waals surface area contributed by atoms with Gasteiger partial charge in [0.1, 0.15) is 0 Å². The second-order valence-corrected chi connectivity index (χ2v) is 14.8. The SMILES string of the molecule is CCCCCCCCCCCCCCCCC[As](C)(C)=O. The molecule has 0 aromatic heterocycles. The van der Waals surface area contributed by atoms with E-state index >= 15 is 0 Å². The molecule has 0 bridgehead atoms. The molecule has 0 fully saturated rings. The van der Waals surface area contributed by atoms with Gasteiger partial charge >= 0.3 is 104 Å².